The van der Waals surface area contributed by atoms with Gasteiger partial charge in [-0.25, -0.2) is 0 Å². The highest BCUT2D eigenvalue weighted by molar-refractivity contribution is 6.36. The lowest BCUT2D eigenvalue weighted by atomic mass is 9.54. The number of rotatable bonds is 8. The molecule has 4 aliphatic rings. The van der Waals surface area contributed by atoms with E-state index in [2.05, 4.69) is 5.32 Å². The number of imide groups is 1. The van der Waals surface area contributed by atoms with E-state index in [0.717, 1.165) is 22.3 Å². The fourth-order valence-electron chi connectivity index (χ4n) is 6.64. The molecule has 200 valence electrons. The predicted molar refractivity (Wildman–Crippen MR) is 150 cm³/mol. The highest BCUT2D eigenvalue weighted by atomic mass is 35.5. The third kappa shape index (κ3) is 3.72. The van der Waals surface area contributed by atoms with Crippen LogP contribution in [0.2, 0.25) is 0 Å². The Hall–Kier alpha value is -3.35. The Kier molecular flexibility index (Phi) is 6.43. The van der Waals surface area contributed by atoms with Crippen molar-refractivity contribution in [1.29, 1.82) is 0 Å². The predicted octanol–water partition coefficient (Wildman–Crippen LogP) is 5.79. The zero-order chi connectivity index (χ0) is 27.4. The second kappa shape index (κ2) is 9.68. The average molecular weight is 563 g/mol. The van der Waals surface area contributed by atoms with Crippen molar-refractivity contribution in [2.45, 2.75) is 35.4 Å². The van der Waals surface area contributed by atoms with E-state index in [1.807, 2.05) is 60.7 Å². The maximum Gasteiger partial charge on any atom is 0.235 e. The van der Waals surface area contributed by atoms with Gasteiger partial charge in [-0.1, -0.05) is 67.1 Å². The molecule has 1 aliphatic heterocycles. The van der Waals surface area contributed by atoms with Crippen molar-refractivity contribution in [3.8, 4) is 5.75 Å². The Morgan fingerprint density at radius 1 is 0.795 bits per heavy atom. The maximum atomic E-state index is 13.8. The van der Waals surface area contributed by atoms with Gasteiger partial charge in [-0.05, 0) is 47.2 Å². The van der Waals surface area contributed by atoms with Crippen LogP contribution in [0.15, 0.2) is 72.8 Å². The molecule has 1 heterocycles. The zero-order valence-corrected chi connectivity index (χ0v) is 23.0. The summed E-state index contributed by atoms with van der Waals surface area (Å²) in [5, 5.41) is 2.87. The normalized spacial score (nSPS) is 26.2. The molecule has 3 aromatic carbocycles. The minimum Gasteiger partial charge on any atom is -0.495 e. The number of anilines is 1. The summed E-state index contributed by atoms with van der Waals surface area (Å²) in [6.07, 6.45) is 2.22. The molecular weight excluding hydrogens is 535 g/mol. The van der Waals surface area contributed by atoms with Crippen LogP contribution in [0.3, 0.4) is 0 Å². The standard InChI is InChI=1S/C31H28Cl2N2O4/c1-39-24-16-9-8-15-23(24)34-25(36)17-3-2-10-18-35-28(37)26-27(29(35)38)31(33)20-12-5-4-11-19(20)30(26,32)21-13-6-7-14-22(21)31/h4-9,11-16,26-27H,2-3,10,17-18H2,1H3,(H,34,36)/t26-,27-,30?,31?/m1/s1. The minimum atomic E-state index is -1.16. The van der Waals surface area contributed by atoms with Crippen molar-refractivity contribution < 1.29 is 19.1 Å². The monoisotopic (exact) mass is 562 g/mol. The molecule has 0 spiro atoms. The molecule has 0 saturated carbocycles. The van der Waals surface area contributed by atoms with E-state index in [-0.39, 0.29) is 24.3 Å². The number of alkyl halides is 2. The van der Waals surface area contributed by atoms with E-state index in [9.17, 15) is 14.4 Å². The highest BCUT2D eigenvalue weighted by Gasteiger charge is 2.72. The number of unbranched alkanes of at least 4 members (excludes halogenated alkanes) is 2. The van der Waals surface area contributed by atoms with Crippen LogP contribution in [0, 0.1) is 11.8 Å². The molecule has 1 N–H and O–H groups in total. The lowest BCUT2D eigenvalue weighted by molar-refractivity contribution is -0.140. The third-order valence-electron chi connectivity index (χ3n) is 8.34. The van der Waals surface area contributed by atoms with Gasteiger partial charge in [0.25, 0.3) is 0 Å². The summed E-state index contributed by atoms with van der Waals surface area (Å²) in [6, 6.07) is 22.5. The molecule has 2 atom stereocenters. The van der Waals surface area contributed by atoms with Crippen LogP contribution in [0.25, 0.3) is 0 Å². The molecule has 7 rings (SSSR count). The second-order valence-electron chi connectivity index (χ2n) is 10.4. The number of hydrogen-bond donors (Lipinski definition) is 1. The molecule has 3 aromatic rings. The number of likely N-dealkylation sites (tertiary alicyclic amines) is 1. The Morgan fingerprint density at radius 3 is 1.79 bits per heavy atom. The largest absolute Gasteiger partial charge is 0.495 e. The molecular formula is C31H28Cl2N2O4. The minimum absolute atomic E-state index is 0.112. The van der Waals surface area contributed by atoms with Gasteiger partial charge >= 0.3 is 0 Å². The summed E-state index contributed by atoms with van der Waals surface area (Å²) < 4.78 is 5.28. The molecule has 3 aliphatic carbocycles. The first-order chi connectivity index (χ1) is 18.8. The van der Waals surface area contributed by atoms with Crippen LogP contribution in [0.1, 0.15) is 47.9 Å². The molecule has 2 bridgehead atoms. The van der Waals surface area contributed by atoms with Crippen molar-refractivity contribution in [3.63, 3.8) is 0 Å². The number of ether oxygens (including phenoxy) is 1. The van der Waals surface area contributed by atoms with Crippen LogP contribution in [0.5, 0.6) is 5.75 Å². The summed E-state index contributed by atoms with van der Waals surface area (Å²) in [5.41, 5.74) is 3.81. The van der Waals surface area contributed by atoms with E-state index >= 15 is 0 Å². The topological polar surface area (TPSA) is 75.7 Å². The van der Waals surface area contributed by atoms with Gasteiger partial charge in [0.1, 0.15) is 15.5 Å². The highest BCUT2D eigenvalue weighted by Crippen LogP contribution is 2.69. The smallest absolute Gasteiger partial charge is 0.235 e. The van der Waals surface area contributed by atoms with Gasteiger partial charge in [0, 0.05) is 13.0 Å². The fourth-order valence-corrected chi connectivity index (χ4v) is 7.74. The molecule has 0 radical (unpaired) electrons. The number of hydrogen-bond acceptors (Lipinski definition) is 4. The Bertz CT molecular complexity index is 1370. The van der Waals surface area contributed by atoms with Crippen LogP contribution in [-0.2, 0) is 24.1 Å². The Balaban J connectivity index is 1.16. The summed E-state index contributed by atoms with van der Waals surface area (Å²) in [6.45, 7) is 0.269. The van der Waals surface area contributed by atoms with Crippen LogP contribution >= 0.6 is 23.2 Å². The van der Waals surface area contributed by atoms with Crippen molar-refractivity contribution in [2.24, 2.45) is 11.8 Å². The van der Waals surface area contributed by atoms with E-state index in [4.69, 9.17) is 27.9 Å². The second-order valence-corrected chi connectivity index (χ2v) is 11.5. The summed E-state index contributed by atoms with van der Waals surface area (Å²) in [4.78, 5) is 39.1. The number of halogens is 2. The molecule has 39 heavy (non-hydrogen) atoms. The Labute approximate surface area is 237 Å². The lowest BCUT2D eigenvalue weighted by Gasteiger charge is -2.54. The SMILES string of the molecule is COc1ccccc1NC(=O)CCCCCN1C(=O)[C@H]2[C@H](C1=O)C1(Cl)c3ccccc3C2(Cl)c2ccccc21. The number of carbonyl (C=O) groups excluding carboxylic acids is 3. The number of nitrogens with one attached hydrogen (secondary N) is 1. The molecule has 0 aromatic heterocycles. The van der Waals surface area contributed by atoms with Crippen molar-refractivity contribution in [3.05, 3.63) is 95.1 Å². The molecule has 0 unspecified atom stereocenters. The van der Waals surface area contributed by atoms with E-state index in [0.29, 0.717) is 37.1 Å². The number of carbonyl (C=O) groups is 3. The molecule has 3 amide bonds. The first-order valence-electron chi connectivity index (χ1n) is 13.2. The van der Waals surface area contributed by atoms with Gasteiger partial charge in [0.15, 0.2) is 0 Å². The maximum absolute atomic E-state index is 13.8. The van der Waals surface area contributed by atoms with Crippen molar-refractivity contribution in [1.82, 2.24) is 4.90 Å². The van der Waals surface area contributed by atoms with Crippen molar-refractivity contribution in [2.75, 3.05) is 19.0 Å². The van der Waals surface area contributed by atoms with Gasteiger partial charge in [-0.3, -0.25) is 19.3 Å². The first kappa shape index (κ1) is 25.9. The zero-order valence-electron chi connectivity index (χ0n) is 21.5. The first-order valence-corrected chi connectivity index (χ1v) is 13.9. The average Bonchev–Trinajstić information content (AvgIpc) is 3.22. The number of benzene rings is 3. The third-order valence-corrected chi connectivity index (χ3v) is 9.63. The Morgan fingerprint density at radius 2 is 1.28 bits per heavy atom. The molecule has 1 saturated heterocycles. The quantitative estimate of drug-likeness (QED) is 0.214. The summed E-state index contributed by atoms with van der Waals surface area (Å²) in [7, 11) is 1.56. The van der Waals surface area contributed by atoms with Gasteiger partial charge in [-0.15, -0.1) is 23.2 Å². The van der Waals surface area contributed by atoms with Gasteiger partial charge in [-0.2, -0.15) is 0 Å². The summed E-state index contributed by atoms with van der Waals surface area (Å²) in [5.74, 6) is -1.61. The van der Waals surface area contributed by atoms with E-state index in [1.54, 1.807) is 19.2 Å². The number of amides is 3. The van der Waals surface area contributed by atoms with Crippen LogP contribution < -0.4 is 10.1 Å². The molecule has 6 nitrogen and oxygen atoms in total. The fraction of sp³-hybridized carbons (Fsp3) is 0.323. The van der Waals surface area contributed by atoms with E-state index in [1.165, 1.54) is 4.90 Å². The van der Waals surface area contributed by atoms with E-state index < -0.39 is 21.6 Å². The van der Waals surface area contributed by atoms with Crippen LogP contribution in [-0.4, -0.2) is 36.3 Å². The number of nitrogens with zero attached hydrogens (tertiary/aromatic N) is 1. The lowest BCUT2D eigenvalue weighted by Crippen LogP contribution is -2.57. The molecule has 8 heteroatoms. The summed E-state index contributed by atoms with van der Waals surface area (Å²) >= 11 is 14.9. The van der Waals surface area contributed by atoms with Crippen molar-refractivity contribution >= 4 is 46.6 Å². The number of para-hydroxylation sites is 2. The van der Waals surface area contributed by atoms with Gasteiger partial charge in [0.05, 0.1) is 24.6 Å². The van der Waals surface area contributed by atoms with Crippen LogP contribution in [0.4, 0.5) is 5.69 Å². The van der Waals surface area contributed by atoms with Gasteiger partial charge < -0.3 is 10.1 Å². The molecule has 1 fully saturated rings. The van der Waals surface area contributed by atoms with Gasteiger partial charge in [0.2, 0.25) is 17.7 Å². The number of methoxy groups -OCH3 is 1.